The van der Waals surface area contributed by atoms with E-state index in [1.807, 2.05) is 0 Å². The molecule has 0 radical (unpaired) electrons. The van der Waals surface area contributed by atoms with Gasteiger partial charge < -0.3 is 0 Å². The van der Waals surface area contributed by atoms with Crippen molar-refractivity contribution in [3.05, 3.63) is 12.7 Å². The van der Waals surface area contributed by atoms with Crippen LogP contribution in [0.25, 0.3) is 0 Å². The monoisotopic (exact) mass is 242 g/mol. The van der Waals surface area contributed by atoms with E-state index in [4.69, 9.17) is 0 Å². The summed E-state index contributed by atoms with van der Waals surface area (Å²) in [7, 11) is 0. The summed E-state index contributed by atoms with van der Waals surface area (Å²) in [5.74, 6) is 1.61. The van der Waals surface area contributed by atoms with Crippen molar-refractivity contribution < 1.29 is 4.79 Å². The molecular formula is C11H15BrO. The number of carbonyl (C=O) groups excluding carboxylic acids is 1. The number of allylic oxidation sites excluding steroid dienone is 1. The van der Waals surface area contributed by atoms with E-state index >= 15 is 0 Å². The van der Waals surface area contributed by atoms with Gasteiger partial charge in [-0.15, -0.1) is 6.58 Å². The number of ketones is 1. The smallest absolute Gasteiger partial charge is 0.153 e. The zero-order chi connectivity index (χ0) is 9.47. The highest BCUT2D eigenvalue weighted by atomic mass is 79.9. The van der Waals surface area contributed by atoms with Gasteiger partial charge in [0.1, 0.15) is 0 Å². The van der Waals surface area contributed by atoms with Gasteiger partial charge in [0.2, 0.25) is 0 Å². The molecule has 2 saturated carbocycles. The van der Waals surface area contributed by atoms with Crippen molar-refractivity contribution in [3.63, 3.8) is 0 Å². The Morgan fingerprint density at radius 2 is 2.00 bits per heavy atom. The van der Waals surface area contributed by atoms with Crippen molar-refractivity contribution in [2.45, 2.75) is 36.4 Å². The Morgan fingerprint density at radius 1 is 1.46 bits per heavy atom. The van der Waals surface area contributed by atoms with Gasteiger partial charge in [-0.3, -0.25) is 4.79 Å². The lowest BCUT2D eigenvalue weighted by Gasteiger charge is -2.04. The quantitative estimate of drug-likeness (QED) is 0.550. The Morgan fingerprint density at radius 3 is 2.46 bits per heavy atom. The van der Waals surface area contributed by atoms with Crippen molar-refractivity contribution in [3.8, 4) is 0 Å². The summed E-state index contributed by atoms with van der Waals surface area (Å²) in [4.78, 5) is 11.8. The van der Waals surface area contributed by atoms with Gasteiger partial charge in [-0.25, -0.2) is 0 Å². The van der Waals surface area contributed by atoms with E-state index in [2.05, 4.69) is 22.5 Å². The molecule has 0 aromatic heterocycles. The lowest BCUT2D eigenvalue weighted by Crippen LogP contribution is -2.18. The van der Waals surface area contributed by atoms with Crippen molar-refractivity contribution in [2.75, 3.05) is 0 Å². The fourth-order valence-electron chi connectivity index (χ4n) is 2.75. The van der Waals surface area contributed by atoms with Crippen LogP contribution in [0.15, 0.2) is 12.7 Å². The Hall–Kier alpha value is -0.110. The maximum Gasteiger partial charge on any atom is 0.153 e. The molecule has 13 heavy (non-hydrogen) atoms. The molecule has 0 amide bonds. The van der Waals surface area contributed by atoms with Crippen LogP contribution >= 0.6 is 15.9 Å². The first-order valence-electron chi connectivity index (χ1n) is 5.04. The average Bonchev–Trinajstić information content (AvgIpc) is 2.76. The van der Waals surface area contributed by atoms with Crippen LogP contribution in [0.5, 0.6) is 0 Å². The second-order valence-electron chi connectivity index (χ2n) is 4.18. The van der Waals surface area contributed by atoms with Gasteiger partial charge in [0, 0.05) is 6.42 Å². The first kappa shape index (κ1) is 9.45. The fraction of sp³-hybridized carbons (Fsp3) is 0.727. The lowest BCUT2D eigenvalue weighted by atomic mass is 10.0. The van der Waals surface area contributed by atoms with Crippen LogP contribution in [0, 0.1) is 11.8 Å². The van der Waals surface area contributed by atoms with Crippen LogP contribution < -0.4 is 0 Å². The summed E-state index contributed by atoms with van der Waals surface area (Å²) < 4.78 is -0.141. The van der Waals surface area contributed by atoms with Gasteiger partial charge in [0.05, 0.1) is 4.32 Å². The highest BCUT2D eigenvalue weighted by molar-refractivity contribution is 9.10. The highest BCUT2D eigenvalue weighted by Crippen LogP contribution is 2.64. The van der Waals surface area contributed by atoms with E-state index in [0.717, 1.165) is 0 Å². The first-order valence-corrected chi connectivity index (χ1v) is 5.83. The molecule has 72 valence electrons. The lowest BCUT2D eigenvalue weighted by molar-refractivity contribution is -0.118. The summed E-state index contributed by atoms with van der Waals surface area (Å²) in [5.41, 5.74) is 0. The summed E-state index contributed by atoms with van der Waals surface area (Å²) in [5, 5.41) is 0. The fourth-order valence-corrected chi connectivity index (χ4v) is 3.88. The maximum atomic E-state index is 11.8. The number of rotatable bonds is 3. The number of alkyl halides is 1. The number of halogens is 1. The third-order valence-corrected chi connectivity index (χ3v) is 5.11. The zero-order valence-corrected chi connectivity index (χ0v) is 9.35. The van der Waals surface area contributed by atoms with E-state index in [9.17, 15) is 4.79 Å². The van der Waals surface area contributed by atoms with Gasteiger partial charge in [-0.2, -0.15) is 0 Å². The molecule has 0 aromatic carbocycles. The molecule has 2 rings (SSSR count). The van der Waals surface area contributed by atoms with Gasteiger partial charge in [-0.1, -0.05) is 34.8 Å². The SMILES string of the molecule is C=CCC(=O)C1(Br)[C@@H]2CCCC[C@@H]21. The van der Waals surface area contributed by atoms with E-state index < -0.39 is 0 Å². The van der Waals surface area contributed by atoms with Gasteiger partial charge in [-0.05, 0) is 24.7 Å². The number of Topliss-reactive ketones (excluding diaryl/α,β-unsaturated/α-hetero) is 1. The van der Waals surface area contributed by atoms with Crippen LogP contribution in [0.2, 0.25) is 0 Å². The number of hydrogen-bond donors (Lipinski definition) is 0. The molecule has 2 aliphatic carbocycles. The largest absolute Gasteiger partial charge is 0.298 e. The second kappa shape index (κ2) is 3.23. The van der Waals surface area contributed by atoms with Crippen LogP contribution in [0.4, 0.5) is 0 Å². The van der Waals surface area contributed by atoms with Gasteiger partial charge >= 0.3 is 0 Å². The minimum atomic E-state index is -0.141. The maximum absolute atomic E-state index is 11.8. The predicted octanol–water partition coefficient (Wildman–Crippen LogP) is 3.09. The summed E-state index contributed by atoms with van der Waals surface area (Å²) in [6.45, 7) is 3.62. The molecule has 1 unspecified atom stereocenters. The molecule has 2 fully saturated rings. The van der Waals surface area contributed by atoms with Crippen LogP contribution in [0.3, 0.4) is 0 Å². The van der Waals surface area contributed by atoms with Crippen molar-refractivity contribution in [1.29, 1.82) is 0 Å². The van der Waals surface area contributed by atoms with Crippen molar-refractivity contribution in [2.24, 2.45) is 11.8 Å². The minimum absolute atomic E-state index is 0.141. The van der Waals surface area contributed by atoms with E-state index in [1.54, 1.807) is 6.08 Å². The minimum Gasteiger partial charge on any atom is -0.298 e. The number of hydrogen-bond acceptors (Lipinski definition) is 1. The van der Waals surface area contributed by atoms with Gasteiger partial charge in [0.15, 0.2) is 5.78 Å². The Labute approximate surface area is 87.7 Å². The zero-order valence-electron chi connectivity index (χ0n) is 7.76. The molecule has 0 aromatic rings. The van der Waals surface area contributed by atoms with Gasteiger partial charge in [0.25, 0.3) is 0 Å². The summed E-state index contributed by atoms with van der Waals surface area (Å²) in [6.07, 6.45) is 7.32. The molecule has 0 N–H and O–H groups in total. The molecule has 0 saturated heterocycles. The summed E-state index contributed by atoms with van der Waals surface area (Å²) >= 11 is 3.65. The standard InChI is InChI=1S/C11H15BrO/c1-2-5-10(13)11(12)8-6-3-4-7-9(8)11/h2,8-9H,1,3-7H2/t8-,9+,11?. The highest BCUT2D eigenvalue weighted by Gasteiger charge is 2.66. The molecule has 0 aliphatic heterocycles. The van der Waals surface area contributed by atoms with Crippen LogP contribution in [0.1, 0.15) is 32.1 Å². The number of carbonyl (C=O) groups is 1. The molecule has 2 aliphatic rings. The molecule has 0 heterocycles. The van der Waals surface area contributed by atoms with E-state index in [0.29, 0.717) is 24.0 Å². The van der Waals surface area contributed by atoms with E-state index in [1.165, 1.54) is 25.7 Å². The number of fused-ring (bicyclic) bond motifs is 1. The predicted molar refractivity (Wildman–Crippen MR) is 56.9 cm³/mol. The second-order valence-corrected chi connectivity index (χ2v) is 5.49. The molecule has 1 nitrogen and oxygen atoms in total. The van der Waals surface area contributed by atoms with Crippen LogP contribution in [-0.4, -0.2) is 10.1 Å². The molecular weight excluding hydrogens is 228 g/mol. The first-order chi connectivity index (χ1) is 6.21. The average molecular weight is 243 g/mol. The normalized spacial score (nSPS) is 42.2. The topological polar surface area (TPSA) is 17.1 Å². The van der Waals surface area contributed by atoms with Crippen molar-refractivity contribution in [1.82, 2.24) is 0 Å². The van der Waals surface area contributed by atoms with Crippen LogP contribution in [-0.2, 0) is 4.79 Å². The Balaban J connectivity index is 2.06. The molecule has 0 spiro atoms. The summed E-state index contributed by atoms with van der Waals surface area (Å²) in [6, 6.07) is 0. The third-order valence-electron chi connectivity index (χ3n) is 3.49. The van der Waals surface area contributed by atoms with E-state index in [-0.39, 0.29) is 4.32 Å². The molecule has 2 heteroatoms. The molecule has 3 atom stereocenters. The van der Waals surface area contributed by atoms with Crippen molar-refractivity contribution >= 4 is 21.7 Å². The third kappa shape index (κ3) is 1.30. The molecule has 0 bridgehead atoms. The Bertz CT molecular complexity index is 234. The Kier molecular flexibility index (Phi) is 2.35.